The lowest BCUT2D eigenvalue weighted by Crippen LogP contribution is -2.13. The van der Waals surface area contributed by atoms with Gasteiger partial charge < -0.3 is 10.6 Å². The van der Waals surface area contributed by atoms with Gasteiger partial charge in [0.15, 0.2) is 0 Å². The van der Waals surface area contributed by atoms with E-state index in [1.54, 1.807) is 43.5 Å². The number of nitrogens with zero attached hydrogens (tertiary/aromatic N) is 1. The number of anilines is 2. The molecule has 2 amide bonds. The first-order chi connectivity index (χ1) is 10.1. The van der Waals surface area contributed by atoms with Crippen molar-refractivity contribution in [2.45, 2.75) is 20.3 Å². The van der Waals surface area contributed by atoms with E-state index < -0.39 is 0 Å². The molecular weight excluding hydrogens is 266 g/mol. The Balaban J connectivity index is 2.04. The minimum atomic E-state index is -0.235. The summed E-state index contributed by atoms with van der Waals surface area (Å²) in [5, 5.41) is 5.46. The summed E-state index contributed by atoms with van der Waals surface area (Å²) >= 11 is 0. The molecule has 0 aliphatic carbocycles. The van der Waals surface area contributed by atoms with Gasteiger partial charge in [0.2, 0.25) is 5.91 Å². The molecule has 1 aromatic heterocycles. The Morgan fingerprint density at radius 3 is 2.43 bits per heavy atom. The van der Waals surface area contributed by atoms with Crippen molar-refractivity contribution >= 4 is 23.3 Å². The number of benzene rings is 1. The van der Waals surface area contributed by atoms with E-state index in [4.69, 9.17) is 0 Å². The summed E-state index contributed by atoms with van der Waals surface area (Å²) in [6.07, 6.45) is 2.07. The summed E-state index contributed by atoms with van der Waals surface area (Å²) < 4.78 is 0. The van der Waals surface area contributed by atoms with Crippen LogP contribution in [0.5, 0.6) is 0 Å². The molecule has 0 aliphatic heterocycles. The second-order valence-electron chi connectivity index (χ2n) is 4.65. The summed E-state index contributed by atoms with van der Waals surface area (Å²) in [6.45, 7) is 3.72. The van der Waals surface area contributed by atoms with Crippen molar-refractivity contribution < 1.29 is 9.59 Å². The van der Waals surface area contributed by atoms with Crippen LogP contribution in [-0.2, 0) is 4.79 Å². The summed E-state index contributed by atoms with van der Waals surface area (Å²) in [4.78, 5) is 27.4. The van der Waals surface area contributed by atoms with Gasteiger partial charge in [-0.05, 0) is 48.9 Å². The molecule has 0 spiro atoms. The van der Waals surface area contributed by atoms with Gasteiger partial charge in [0.1, 0.15) is 5.82 Å². The maximum absolute atomic E-state index is 12.1. The molecule has 0 atom stereocenters. The lowest BCUT2D eigenvalue weighted by atomic mass is 10.2. The van der Waals surface area contributed by atoms with Crippen molar-refractivity contribution in [1.29, 1.82) is 0 Å². The van der Waals surface area contributed by atoms with Gasteiger partial charge in [0.25, 0.3) is 5.91 Å². The number of hydrogen-bond acceptors (Lipinski definition) is 3. The van der Waals surface area contributed by atoms with E-state index in [2.05, 4.69) is 15.6 Å². The Hall–Kier alpha value is -2.69. The molecule has 21 heavy (non-hydrogen) atoms. The normalized spacial score (nSPS) is 10.0. The van der Waals surface area contributed by atoms with Crippen LogP contribution in [0.4, 0.5) is 11.5 Å². The van der Waals surface area contributed by atoms with E-state index in [0.717, 1.165) is 5.56 Å². The predicted octanol–water partition coefficient (Wildman–Crippen LogP) is 2.99. The van der Waals surface area contributed by atoms with Crippen LogP contribution in [0.15, 0.2) is 42.6 Å². The Morgan fingerprint density at radius 2 is 1.81 bits per heavy atom. The zero-order valence-electron chi connectivity index (χ0n) is 12.0. The largest absolute Gasteiger partial charge is 0.326 e. The number of nitrogens with one attached hydrogen (secondary N) is 2. The summed E-state index contributed by atoms with van der Waals surface area (Å²) in [5.74, 6) is 0.223. The van der Waals surface area contributed by atoms with E-state index in [1.165, 1.54) is 0 Å². The SMILES string of the molecule is CCC(=O)Nc1ccc(C(=O)Nc2cc(C)ccn2)cc1. The molecule has 5 nitrogen and oxygen atoms in total. The molecule has 0 radical (unpaired) electrons. The van der Waals surface area contributed by atoms with Crippen molar-refractivity contribution in [2.75, 3.05) is 10.6 Å². The maximum Gasteiger partial charge on any atom is 0.256 e. The highest BCUT2D eigenvalue weighted by Crippen LogP contribution is 2.12. The van der Waals surface area contributed by atoms with Crippen LogP contribution in [0.2, 0.25) is 0 Å². The third-order valence-corrected chi connectivity index (χ3v) is 2.91. The van der Waals surface area contributed by atoms with Gasteiger partial charge >= 0.3 is 0 Å². The number of hydrogen-bond donors (Lipinski definition) is 2. The van der Waals surface area contributed by atoms with Crippen LogP contribution in [0.3, 0.4) is 0 Å². The Morgan fingerprint density at radius 1 is 1.10 bits per heavy atom. The van der Waals surface area contributed by atoms with Gasteiger partial charge in [-0.15, -0.1) is 0 Å². The molecule has 0 bridgehead atoms. The van der Waals surface area contributed by atoms with Crippen molar-refractivity contribution in [1.82, 2.24) is 4.98 Å². The Bertz CT molecular complexity index is 651. The van der Waals surface area contributed by atoms with E-state index in [-0.39, 0.29) is 11.8 Å². The predicted molar refractivity (Wildman–Crippen MR) is 82.3 cm³/mol. The Kier molecular flexibility index (Phi) is 4.66. The quantitative estimate of drug-likeness (QED) is 0.906. The van der Waals surface area contributed by atoms with Crippen LogP contribution < -0.4 is 10.6 Å². The summed E-state index contributed by atoms with van der Waals surface area (Å²) in [6, 6.07) is 10.4. The zero-order chi connectivity index (χ0) is 15.2. The first kappa shape index (κ1) is 14.7. The van der Waals surface area contributed by atoms with Gasteiger partial charge in [-0.2, -0.15) is 0 Å². The highest BCUT2D eigenvalue weighted by Gasteiger charge is 2.07. The van der Waals surface area contributed by atoms with E-state index >= 15 is 0 Å². The monoisotopic (exact) mass is 283 g/mol. The summed E-state index contributed by atoms with van der Waals surface area (Å²) in [5.41, 5.74) is 2.21. The van der Waals surface area contributed by atoms with Crippen molar-refractivity contribution in [2.24, 2.45) is 0 Å². The lowest BCUT2D eigenvalue weighted by molar-refractivity contribution is -0.115. The first-order valence-electron chi connectivity index (χ1n) is 6.72. The fourth-order valence-electron chi connectivity index (χ4n) is 1.75. The van der Waals surface area contributed by atoms with Crippen LogP contribution in [-0.4, -0.2) is 16.8 Å². The molecule has 0 saturated heterocycles. The number of pyridine rings is 1. The standard InChI is InChI=1S/C16H17N3O2/c1-3-15(20)18-13-6-4-12(5-7-13)16(21)19-14-10-11(2)8-9-17-14/h4-10H,3H2,1-2H3,(H,18,20)(H,17,19,21). The van der Waals surface area contributed by atoms with Crippen molar-refractivity contribution in [3.05, 3.63) is 53.7 Å². The second-order valence-corrected chi connectivity index (χ2v) is 4.65. The van der Waals surface area contributed by atoms with Crippen LogP contribution in [0.25, 0.3) is 0 Å². The van der Waals surface area contributed by atoms with Crippen LogP contribution in [0, 0.1) is 6.92 Å². The molecule has 2 N–H and O–H groups in total. The number of rotatable bonds is 4. The number of amides is 2. The molecule has 0 unspecified atom stereocenters. The average Bonchev–Trinajstić information content (AvgIpc) is 2.47. The van der Waals surface area contributed by atoms with Crippen LogP contribution in [0.1, 0.15) is 29.3 Å². The molecule has 5 heteroatoms. The molecule has 0 saturated carbocycles. The minimum absolute atomic E-state index is 0.0591. The van der Waals surface area contributed by atoms with Crippen LogP contribution >= 0.6 is 0 Å². The molecular formula is C16H17N3O2. The molecule has 2 rings (SSSR count). The molecule has 1 aromatic carbocycles. The fourth-order valence-corrected chi connectivity index (χ4v) is 1.75. The molecule has 108 valence electrons. The van der Waals surface area contributed by atoms with E-state index in [1.807, 2.05) is 13.0 Å². The molecule has 0 aliphatic rings. The first-order valence-corrected chi connectivity index (χ1v) is 6.72. The third-order valence-electron chi connectivity index (χ3n) is 2.91. The topological polar surface area (TPSA) is 71.1 Å². The van der Waals surface area contributed by atoms with E-state index in [0.29, 0.717) is 23.5 Å². The van der Waals surface area contributed by atoms with E-state index in [9.17, 15) is 9.59 Å². The maximum atomic E-state index is 12.1. The zero-order valence-corrected chi connectivity index (χ0v) is 12.0. The smallest absolute Gasteiger partial charge is 0.256 e. The average molecular weight is 283 g/mol. The van der Waals surface area contributed by atoms with Gasteiger partial charge in [0.05, 0.1) is 0 Å². The van der Waals surface area contributed by atoms with Gasteiger partial charge in [-0.25, -0.2) is 4.98 Å². The molecule has 2 aromatic rings. The number of carbonyl (C=O) groups is 2. The van der Waals surface area contributed by atoms with Crippen molar-refractivity contribution in [3.8, 4) is 0 Å². The number of aromatic nitrogens is 1. The number of aryl methyl sites for hydroxylation is 1. The highest BCUT2D eigenvalue weighted by atomic mass is 16.2. The van der Waals surface area contributed by atoms with Gasteiger partial charge in [-0.3, -0.25) is 9.59 Å². The second kappa shape index (κ2) is 6.65. The number of carbonyl (C=O) groups excluding carboxylic acids is 2. The highest BCUT2D eigenvalue weighted by molar-refractivity contribution is 6.04. The van der Waals surface area contributed by atoms with Gasteiger partial charge in [-0.1, -0.05) is 6.92 Å². The molecule has 1 heterocycles. The summed E-state index contributed by atoms with van der Waals surface area (Å²) in [7, 11) is 0. The lowest BCUT2D eigenvalue weighted by Gasteiger charge is -2.07. The minimum Gasteiger partial charge on any atom is -0.326 e. The molecule has 0 fully saturated rings. The Labute approximate surface area is 123 Å². The fraction of sp³-hybridized carbons (Fsp3) is 0.188. The van der Waals surface area contributed by atoms with Crippen molar-refractivity contribution in [3.63, 3.8) is 0 Å². The third kappa shape index (κ3) is 4.14. The van der Waals surface area contributed by atoms with Gasteiger partial charge in [0, 0.05) is 23.9 Å².